The van der Waals surface area contributed by atoms with Gasteiger partial charge >= 0.3 is 49.7 Å². The number of carboxylic acids is 8. The molecule has 0 fully saturated rings. The third kappa shape index (κ3) is 40.2. The molecule has 0 bridgehead atoms. The first-order chi connectivity index (χ1) is 18.1. The van der Waals surface area contributed by atoms with Gasteiger partial charge in [0.2, 0.25) is 0 Å². The average molecular weight is 751 g/mol. The number of hydrogen-bond donors (Lipinski definition) is 4. The monoisotopic (exact) mass is 752 g/mol. The molecule has 0 saturated carbocycles. The number of rotatable bonds is 16. The van der Waals surface area contributed by atoms with Crippen molar-refractivity contribution in [3.05, 3.63) is 48.6 Å². The molecule has 0 saturated heterocycles. The molecular formula is C24H28HfO16. The van der Waals surface area contributed by atoms with Crippen LogP contribution in [0.15, 0.2) is 48.6 Å². The summed E-state index contributed by atoms with van der Waals surface area (Å²) in [6, 6.07) is 0. The maximum absolute atomic E-state index is 9.91. The van der Waals surface area contributed by atoms with Crippen LogP contribution in [0.25, 0.3) is 0 Å². The van der Waals surface area contributed by atoms with Crippen molar-refractivity contribution in [2.45, 2.75) is 51.4 Å². The van der Waals surface area contributed by atoms with Gasteiger partial charge in [-0.1, -0.05) is 26.3 Å². The zero-order valence-corrected chi connectivity index (χ0v) is 25.3. The normalized spacial score (nSPS) is 8.59. The second-order valence-corrected chi connectivity index (χ2v) is 7.14. The van der Waals surface area contributed by atoms with Gasteiger partial charge in [-0.15, -0.1) is 0 Å². The van der Waals surface area contributed by atoms with Crippen LogP contribution in [-0.2, 0) is 64.2 Å². The SMILES string of the molecule is C=C(CCC(=O)O)C(=O)[O-].C=C(CCC(=O)O)C(=O)[O-].C=C(CCC(=O)O)C(=O)[O-].C=C(CCC(=O)O)C(=O)[O-].[Hf+4]. The van der Waals surface area contributed by atoms with Gasteiger partial charge in [-0.2, -0.15) is 0 Å². The third-order valence-corrected chi connectivity index (χ3v) is 3.72. The van der Waals surface area contributed by atoms with Crippen LogP contribution < -0.4 is 20.4 Å². The second kappa shape index (κ2) is 27.2. The van der Waals surface area contributed by atoms with Gasteiger partial charge in [0.15, 0.2) is 0 Å². The Labute approximate surface area is 252 Å². The molecule has 16 nitrogen and oxygen atoms in total. The molecule has 0 aromatic heterocycles. The van der Waals surface area contributed by atoms with Gasteiger partial charge in [0.05, 0.1) is 23.9 Å². The number of hydrogen-bond acceptors (Lipinski definition) is 12. The molecule has 0 atom stereocenters. The molecule has 17 heteroatoms. The van der Waals surface area contributed by atoms with E-state index in [1.54, 1.807) is 0 Å². The molecular weight excluding hydrogens is 723 g/mol. The van der Waals surface area contributed by atoms with E-state index in [-0.39, 0.29) is 99.5 Å². The standard InChI is InChI=1S/4C6H8O4.Hf/c4*1-4(6(9)10)2-3-5(7)8;/h4*1-3H2,(H,7,8)(H,9,10);/q;;;;+4/p-4. The van der Waals surface area contributed by atoms with Crippen molar-refractivity contribution in [3.8, 4) is 0 Å². The maximum atomic E-state index is 9.91. The van der Waals surface area contributed by atoms with Gasteiger partial charge < -0.3 is 60.0 Å². The first kappa shape index (κ1) is 46.4. The van der Waals surface area contributed by atoms with Crippen LogP contribution in [0.2, 0.25) is 0 Å². The van der Waals surface area contributed by atoms with Gasteiger partial charge in [-0.05, 0) is 48.0 Å². The van der Waals surface area contributed by atoms with Gasteiger partial charge in [0.1, 0.15) is 0 Å². The molecule has 224 valence electrons. The predicted octanol–water partition coefficient (Wildman–Crippen LogP) is -3.37. The van der Waals surface area contributed by atoms with Crippen LogP contribution in [0.3, 0.4) is 0 Å². The molecule has 0 heterocycles. The third-order valence-electron chi connectivity index (χ3n) is 3.72. The van der Waals surface area contributed by atoms with Gasteiger partial charge in [-0.25, -0.2) is 0 Å². The summed E-state index contributed by atoms with van der Waals surface area (Å²) in [4.78, 5) is 79.1. The maximum Gasteiger partial charge on any atom is 4.00 e. The van der Waals surface area contributed by atoms with Crippen LogP contribution in [0.4, 0.5) is 0 Å². The van der Waals surface area contributed by atoms with Gasteiger partial charge in [0.25, 0.3) is 0 Å². The Morgan fingerprint density at radius 3 is 0.561 bits per heavy atom. The zero-order valence-electron chi connectivity index (χ0n) is 21.7. The Hall–Kier alpha value is -4.41. The first-order valence-corrected chi connectivity index (χ1v) is 10.6. The van der Waals surface area contributed by atoms with E-state index in [0.717, 1.165) is 0 Å². The van der Waals surface area contributed by atoms with E-state index in [2.05, 4.69) is 26.3 Å². The molecule has 0 unspecified atom stereocenters. The summed E-state index contributed by atoms with van der Waals surface area (Å²) in [5, 5.41) is 72.0. The molecule has 0 radical (unpaired) electrons. The van der Waals surface area contributed by atoms with Crippen molar-refractivity contribution in [1.29, 1.82) is 0 Å². The Morgan fingerprint density at radius 2 is 0.488 bits per heavy atom. The molecule has 0 amide bonds. The molecule has 0 aromatic rings. The Bertz CT molecular complexity index is 849. The first-order valence-electron chi connectivity index (χ1n) is 10.6. The van der Waals surface area contributed by atoms with E-state index in [9.17, 15) is 58.8 Å². The predicted molar refractivity (Wildman–Crippen MR) is 124 cm³/mol. The molecule has 0 rings (SSSR count). The van der Waals surface area contributed by atoms with Crippen LogP contribution in [-0.4, -0.2) is 68.2 Å². The molecule has 0 spiro atoms. The van der Waals surface area contributed by atoms with E-state index >= 15 is 0 Å². The fourth-order valence-electron chi connectivity index (χ4n) is 1.44. The van der Waals surface area contributed by atoms with Crippen molar-refractivity contribution < 1.29 is 105 Å². The quantitative estimate of drug-likeness (QED) is 0.0884. The fourth-order valence-corrected chi connectivity index (χ4v) is 1.44. The van der Waals surface area contributed by atoms with Crippen LogP contribution in [0.5, 0.6) is 0 Å². The second-order valence-electron chi connectivity index (χ2n) is 7.14. The van der Waals surface area contributed by atoms with Crippen LogP contribution in [0.1, 0.15) is 51.4 Å². The molecule has 0 aliphatic carbocycles. The van der Waals surface area contributed by atoms with Crippen molar-refractivity contribution >= 4 is 47.8 Å². The van der Waals surface area contributed by atoms with Crippen molar-refractivity contribution in [1.82, 2.24) is 0 Å². The topological polar surface area (TPSA) is 310 Å². The Balaban J connectivity index is -0.000000139. The van der Waals surface area contributed by atoms with E-state index in [0.29, 0.717) is 0 Å². The summed E-state index contributed by atoms with van der Waals surface area (Å²) >= 11 is 0. The van der Waals surface area contributed by atoms with Gasteiger partial charge in [-0.3, -0.25) is 19.2 Å². The summed E-state index contributed by atoms with van der Waals surface area (Å²) in [6.45, 7) is 12.4. The van der Waals surface area contributed by atoms with E-state index in [1.165, 1.54) is 0 Å². The minimum Gasteiger partial charge on any atom is -0.545 e. The van der Waals surface area contributed by atoms with Crippen molar-refractivity contribution in [2.24, 2.45) is 0 Å². The van der Waals surface area contributed by atoms with Crippen molar-refractivity contribution in [2.75, 3.05) is 0 Å². The number of aliphatic carboxylic acids is 8. The summed E-state index contributed by atoms with van der Waals surface area (Å²) in [7, 11) is 0. The van der Waals surface area contributed by atoms with E-state index < -0.39 is 47.8 Å². The van der Waals surface area contributed by atoms with Gasteiger partial charge in [0, 0.05) is 25.7 Å². The molecule has 0 aromatic carbocycles. The van der Waals surface area contributed by atoms with E-state index in [1.807, 2.05) is 0 Å². The average Bonchev–Trinajstić information content (AvgIpc) is 2.83. The molecule has 41 heavy (non-hydrogen) atoms. The molecule has 0 aliphatic heterocycles. The largest absolute Gasteiger partial charge is 4.00 e. The van der Waals surface area contributed by atoms with Crippen LogP contribution in [0, 0.1) is 0 Å². The minimum atomic E-state index is -1.39. The van der Waals surface area contributed by atoms with Crippen LogP contribution >= 0.6 is 0 Å². The van der Waals surface area contributed by atoms with Crippen molar-refractivity contribution in [3.63, 3.8) is 0 Å². The molecule has 4 N–H and O–H groups in total. The summed E-state index contributed by atoms with van der Waals surface area (Å²) in [5.41, 5.74) is -0.713. The Kier molecular flexibility index (Phi) is 30.8. The summed E-state index contributed by atoms with van der Waals surface area (Å²) in [5.74, 6) is -9.71. The minimum absolute atomic E-state index is 0. The van der Waals surface area contributed by atoms with E-state index in [4.69, 9.17) is 20.4 Å². The molecule has 0 aliphatic rings. The number of carbonyl (C=O) groups is 8. The number of carbonyl (C=O) groups excluding carboxylic acids is 4. The fraction of sp³-hybridized carbons (Fsp3) is 0.333. The summed E-state index contributed by atoms with van der Waals surface area (Å²) < 4.78 is 0. The zero-order chi connectivity index (χ0) is 32.6. The smallest absolute Gasteiger partial charge is 0.545 e. The summed E-state index contributed by atoms with van der Waals surface area (Å²) in [6.07, 6.45) is -1.09. The Morgan fingerprint density at radius 1 is 0.366 bits per heavy atom. The number of carboxylic acid groups (broad SMARTS) is 8.